The zero-order valence-corrected chi connectivity index (χ0v) is 14.1. The lowest BCUT2D eigenvalue weighted by atomic mass is 10.3. The summed E-state index contributed by atoms with van der Waals surface area (Å²) in [6, 6.07) is 4.63. The van der Waals surface area contributed by atoms with E-state index in [4.69, 9.17) is 0 Å². The molecule has 1 saturated heterocycles. The molecule has 0 spiro atoms. The fourth-order valence-corrected chi connectivity index (χ4v) is 4.77. The normalized spacial score (nSPS) is 18.0. The molecule has 0 unspecified atom stereocenters. The standard InChI is InChI=1S/C12H17N3O6S2/c1-2-22(18,19)13-7-9-14(10-8-13)23(20,21)12-5-3-11(4-6-12)15(16)17/h3-6H,2,7-10H2,1H3. The van der Waals surface area contributed by atoms with Crippen molar-refractivity contribution < 1.29 is 21.8 Å². The van der Waals surface area contributed by atoms with E-state index in [1.165, 1.54) is 27.7 Å². The van der Waals surface area contributed by atoms with Gasteiger partial charge in [-0.3, -0.25) is 10.1 Å². The summed E-state index contributed by atoms with van der Waals surface area (Å²) in [5.74, 6) is -0.0257. The largest absolute Gasteiger partial charge is 0.269 e. The average molecular weight is 363 g/mol. The molecule has 0 bridgehead atoms. The molecule has 1 fully saturated rings. The van der Waals surface area contributed by atoms with Crippen molar-refractivity contribution >= 4 is 25.7 Å². The summed E-state index contributed by atoms with van der Waals surface area (Å²) in [5, 5.41) is 10.6. The maximum absolute atomic E-state index is 12.5. The Bertz CT molecular complexity index is 781. The summed E-state index contributed by atoms with van der Waals surface area (Å²) in [5.41, 5.74) is -0.192. The van der Waals surface area contributed by atoms with Crippen molar-refractivity contribution in [3.8, 4) is 0 Å². The zero-order chi connectivity index (χ0) is 17.3. The van der Waals surface area contributed by atoms with Crippen LogP contribution in [-0.4, -0.2) is 62.3 Å². The van der Waals surface area contributed by atoms with Gasteiger partial charge < -0.3 is 0 Å². The van der Waals surface area contributed by atoms with Gasteiger partial charge >= 0.3 is 0 Å². The highest BCUT2D eigenvalue weighted by Gasteiger charge is 2.32. The van der Waals surface area contributed by atoms with Gasteiger partial charge in [-0.15, -0.1) is 0 Å². The molecule has 1 aliphatic heterocycles. The Balaban J connectivity index is 2.14. The fourth-order valence-electron chi connectivity index (χ4n) is 2.26. The van der Waals surface area contributed by atoms with E-state index < -0.39 is 25.0 Å². The van der Waals surface area contributed by atoms with Gasteiger partial charge in [-0.05, 0) is 19.1 Å². The van der Waals surface area contributed by atoms with Crippen LogP contribution in [0.2, 0.25) is 0 Å². The number of nitro groups is 1. The third-order valence-corrected chi connectivity index (χ3v) is 7.44. The van der Waals surface area contributed by atoms with Crippen LogP contribution in [0.3, 0.4) is 0 Å². The number of piperazine rings is 1. The quantitative estimate of drug-likeness (QED) is 0.547. The van der Waals surface area contributed by atoms with Crippen LogP contribution in [0.25, 0.3) is 0 Å². The molecule has 23 heavy (non-hydrogen) atoms. The van der Waals surface area contributed by atoms with Crippen LogP contribution >= 0.6 is 0 Å². The molecule has 11 heteroatoms. The molecule has 0 aromatic heterocycles. The lowest BCUT2D eigenvalue weighted by molar-refractivity contribution is -0.384. The number of hydrogen-bond donors (Lipinski definition) is 0. The summed E-state index contributed by atoms with van der Waals surface area (Å²) >= 11 is 0. The lowest BCUT2D eigenvalue weighted by Crippen LogP contribution is -2.50. The molecule has 128 valence electrons. The van der Waals surface area contributed by atoms with Gasteiger partial charge in [0.2, 0.25) is 20.0 Å². The Labute approximate surface area is 134 Å². The maximum atomic E-state index is 12.5. The maximum Gasteiger partial charge on any atom is 0.269 e. The molecule has 1 aromatic rings. The minimum atomic E-state index is -3.79. The predicted molar refractivity (Wildman–Crippen MR) is 82.9 cm³/mol. The van der Waals surface area contributed by atoms with Gasteiger partial charge in [0.15, 0.2) is 0 Å². The van der Waals surface area contributed by atoms with Gasteiger partial charge in [0.25, 0.3) is 5.69 Å². The Morgan fingerprint density at radius 3 is 1.91 bits per heavy atom. The highest BCUT2D eigenvalue weighted by Crippen LogP contribution is 2.21. The Hall–Kier alpha value is -1.56. The zero-order valence-electron chi connectivity index (χ0n) is 12.5. The molecular weight excluding hydrogens is 346 g/mol. The first kappa shape index (κ1) is 17.8. The number of sulfonamides is 2. The second kappa shape index (κ2) is 6.51. The summed E-state index contributed by atoms with van der Waals surface area (Å²) in [7, 11) is -7.12. The summed E-state index contributed by atoms with van der Waals surface area (Å²) in [6.45, 7) is 1.84. The topological polar surface area (TPSA) is 118 Å². The average Bonchev–Trinajstić information content (AvgIpc) is 2.55. The van der Waals surface area contributed by atoms with Gasteiger partial charge in [0.05, 0.1) is 15.6 Å². The molecule has 1 aliphatic rings. The van der Waals surface area contributed by atoms with E-state index in [0.29, 0.717) is 0 Å². The number of benzene rings is 1. The van der Waals surface area contributed by atoms with E-state index >= 15 is 0 Å². The smallest absolute Gasteiger partial charge is 0.258 e. The van der Waals surface area contributed by atoms with Crippen LogP contribution in [0.15, 0.2) is 29.2 Å². The molecule has 1 aromatic carbocycles. The number of nitrogens with zero attached hydrogens (tertiary/aromatic N) is 3. The van der Waals surface area contributed by atoms with E-state index in [2.05, 4.69) is 0 Å². The van der Waals surface area contributed by atoms with Crippen molar-refractivity contribution in [3.05, 3.63) is 34.4 Å². The van der Waals surface area contributed by atoms with Crippen LogP contribution in [0.4, 0.5) is 5.69 Å². The van der Waals surface area contributed by atoms with E-state index in [1.807, 2.05) is 0 Å². The minimum Gasteiger partial charge on any atom is -0.258 e. The van der Waals surface area contributed by atoms with Crippen LogP contribution < -0.4 is 0 Å². The minimum absolute atomic E-state index is 0.0257. The first-order valence-electron chi connectivity index (χ1n) is 6.91. The van der Waals surface area contributed by atoms with Crippen LogP contribution in [0.1, 0.15) is 6.92 Å². The van der Waals surface area contributed by atoms with Gasteiger partial charge in [0.1, 0.15) is 0 Å². The Morgan fingerprint density at radius 1 is 1.00 bits per heavy atom. The molecule has 0 aliphatic carbocycles. The van der Waals surface area contributed by atoms with Crippen molar-refractivity contribution in [2.45, 2.75) is 11.8 Å². The molecule has 0 N–H and O–H groups in total. The number of nitro benzene ring substituents is 1. The lowest BCUT2D eigenvalue weighted by Gasteiger charge is -2.33. The molecule has 9 nitrogen and oxygen atoms in total. The summed E-state index contributed by atoms with van der Waals surface area (Å²) in [4.78, 5) is 9.95. The van der Waals surface area contributed by atoms with Crippen LogP contribution in [-0.2, 0) is 20.0 Å². The van der Waals surface area contributed by atoms with Crippen LogP contribution in [0.5, 0.6) is 0 Å². The van der Waals surface area contributed by atoms with Gasteiger partial charge in [-0.25, -0.2) is 16.8 Å². The van der Waals surface area contributed by atoms with E-state index in [9.17, 15) is 26.9 Å². The molecule has 0 radical (unpaired) electrons. The molecule has 0 amide bonds. The summed E-state index contributed by atoms with van der Waals surface area (Å²) in [6.07, 6.45) is 0. The van der Waals surface area contributed by atoms with E-state index in [-0.39, 0.29) is 42.5 Å². The Morgan fingerprint density at radius 2 is 1.48 bits per heavy atom. The highest BCUT2D eigenvalue weighted by molar-refractivity contribution is 7.89. The molecule has 0 saturated carbocycles. The predicted octanol–water partition coefficient (Wildman–Crippen LogP) is 0.251. The monoisotopic (exact) mass is 363 g/mol. The van der Waals surface area contributed by atoms with Crippen molar-refractivity contribution in [2.75, 3.05) is 31.9 Å². The van der Waals surface area contributed by atoms with Crippen LogP contribution in [0, 0.1) is 10.1 Å². The van der Waals surface area contributed by atoms with Crippen molar-refractivity contribution in [1.82, 2.24) is 8.61 Å². The first-order valence-corrected chi connectivity index (χ1v) is 9.96. The van der Waals surface area contributed by atoms with Crippen molar-refractivity contribution in [3.63, 3.8) is 0 Å². The Kier molecular flexibility index (Phi) is 5.04. The van der Waals surface area contributed by atoms with Gasteiger partial charge in [0, 0.05) is 38.3 Å². The van der Waals surface area contributed by atoms with Gasteiger partial charge in [-0.1, -0.05) is 0 Å². The third-order valence-electron chi connectivity index (χ3n) is 3.64. The van der Waals surface area contributed by atoms with Crippen molar-refractivity contribution in [1.29, 1.82) is 0 Å². The number of non-ortho nitro benzene ring substituents is 1. The van der Waals surface area contributed by atoms with Crippen molar-refractivity contribution in [2.24, 2.45) is 0 Å². The molecule has 0 atom stereocenters. The fraction of sp³-hybridized carbons (Fsp3) is 0.500. The van der Waals surface area contributed by atoms with E-state index in [1.54, 1.807) is 0 Å². The first-order chi connectivity index (χ1) is 10.7. The number of hydrogen-bond acceptors (Lipinski definition) is 6. The number of rotatable bonds is 5. The summed E-state index contributed by atoms with van der Waals surface area (Å²) < 4.78 is 51.0. The molecule has 1 heterocycles. The highest BCUT2D eigenvalue weighted by atomic mass is 32.2. The SMILES string of the molecule is CCS(=O)(=O)N1CCN(S(=O)(=O)c2ccc([N+](=O)[O-])cc2)CC1. The van der Waals surface area contributed by atoms with Gasteiger partial charge in [-0.2, -0.15) is 8.61 Å². The second-order valence-electron chi connectivity index (χ2n) is 4.95. The molecule has 2 rings (SSSR count). The van der Waals surface area contributed by atoms with E-state index in [0.717, 1.165) is 12.1 Å². The third kappa shape index (κ3) is 3.68. The molecular formula is C12H17N3O6S2. The second-order valence-corrected chi connectivity index (χ2v) is 9.15.